The van der Waals surface area contributed by atoms with Crippen LogP contribution in [0.2, 0.25) is 0 Å². The second-order valence-corrected chi connectivity index (χ2v) is 9.53. The van der Waals surface area contributed by atoms with Gasteiger partial charge in [0, 0.05) is 5.57 Å². The van der Waals surface area contributed by atoms with Crippen LogP contribution in [0, 0.1) is 5.92 Å². The molecule has 0 saturated carbocycles. The first-order valence-electron chi connectivity index (χ1n) is 9.75. The minimum Gasteiger partial charge on any atom is -0.463 e. The van der Waals surface area contributed by atoms with Crippen molar-refractivity contribution in [1.82, 2.24) is 0 Å². The Labute approximate surface area is 173 Å². The molecule has 0 heterocycles. The lowest BCUT2D eigenvalue weighted by molar-refractivity contribution is -0.138. The molecule has 0 spiro atoms. The highest BCUT2D eigenvalue weighted by molar-refractivity contribution is 8.17. The number of benzene rings is 1. The molecule has 0 N–H and O–H groups in total. The first-order chi connectivity index (χ1) is 13.0. The maximum absolute atomic E-state index is 12.0. The number of rotatable bonds is 13. The Balaban J connectivity index is 2.84. The lowest BCUT2D eigenvalue weighted by atomic mass is 10.0. The summed E-state index contributed by atoms with van der Waals surface area (Å²) in [5.74, 6) is 2.43. The van der Waals surface area contributed by atoms with Crippen molar-refractivity contribution in [3.8, 4) is 0 Å². The molecule has 0 unspecified atom stereocenters. The van der Waals surface area contributed by atoms with E-state index in [1.165, 1.54) is 0 Å². The van der Waals surface area contributed by atoms with Crippen LogP contribution in [0.5, 0.6) is 0 Å². The van der Waals surface area contributed by atoms with Gasteiger partial charge in [0.25, 0.3) is 0 Å². The molecule has 1 aromatic rings. The SMILES string of the molecule is CCOC(=O)/C(C)=C/[C@@H](C[C@H](C)C(SCC)SCC)OCc1ccccc1. The zero-order valence-corrected chi connectivity index (χ0v) is 18.9. The number of thioether (sulfide) groups is 2. The molecule has 0 amide bonds. The van der Waals surface area contributed by atoms with E-state index in [-0.39, 0.29) is 12.1 Å². The van der Waals surface area contributed by atoms with Crippen molar-refractivity contribution in [1.29, 1.82) is 0 Å². The van der Waals surface area contributed by atoms with Crippen LogP contribution >= 0.6 is 23.5 Å². The molecule has 0 aliphatic heterocycles. The van der Waals surface area contributed by atoms with E-state index in [0.717, 1.165) is 23.5 Å². The van der Waals surface area contributed by atoms with E-state index in [4.69, 9.17) is 9.47 Å². The smallest absolute Gasteiger partial charge is 0.333 e. The van der Waals surface area contributed by atoms with Gasteiger partial charge in [-0.3, -0.25) is 0 Å². The van der Waals surface area contributed by atoms with E-state index in [9.17, 15) is 4.79 Å². The Morgan fingerprint density at radius 2 is 1.74 bits per heavy atom. The van der Waals surface area contributed by atoms with Crippen LogP contribution in [0.15, 0.2) is 42.0 Å². The molecule has 5 heteroatoms. The molecule has 0 fully saturated rings. The summed E-state index contributed by atoms with van der Waals surface area (Å²) in [7, 11) is 0. The van der Waals surface area contributed by atoms with Crippen LogP contribution in [0.3, 0.4) is 0 Å². The van der Waals surface area contributed by atoms with E-state index in [2.05, 4.69) is 32.9 Å². The van der Waals surface area contributed by atoms with Crippen molar-refractivity contribution in [3.05, 3.63) is 47.5 Å². The highest BCUT2D eigenvalue weighted by Gasteiger charge is 2.22. The average Bonchev–Trinajstić information content (AvgIpc) is 2.66. The van der Waals surface area contributed by atoms with Gasteiger partial charge in [-0.2, -0.15) is 0 Å². The lowest BCUT2D eigenvalue weighted by Gasteiger charge is -2.26. The standard InChI is InChI=1S/C22H34O3S2/c1-6-24-21(23)17(4)14-20(25-16-19-12-10-9-11-13-19)15-18(5)22(26-7-2)27-8-3/h9-14,18,20,22H,6-8,15-16H2,1-5H3/b17-14+/t18-,20-/m0/s1. The number of ether oxygens (including phenoxy) is 2. The third-order valence-electron chi connectivity index (χ3n) is 4.07. The molecule has 1 aromatic carbocycles. The third kappa shape index (κ3) is 9.72. The first-order valence-corrected chi connectivity index (χ1v) is 11.9. The lowest BCUT2D eigenvalue weighted by Crippen LogP contribution is -2.21. The van der Waals surface area contributed by atoms with Gasteiger partial charge in [0.05, 0.1) is 23.9 Å². The normalized spacial score (nSPS) is 14.2. The van der Waals surface area contributed by atoms with Crippen molar-refractivity contribution >= 4 is 29.5 Å². The third-order valence-corrected chi connectivity index (χ3v) is 7.14. The molecular weight excluding hydrogens is 376 g/mol. The van der Waals surface area contributed by atoms with Crippen LogP contribution in [0.4, 0.5) is 0 Å². The molecular formula is C22H34O3S2. The van der Waals surface area contributed by atoms with E-state index in [0.29, 0.717) is 29.3 Å². The summed E-state index contributed by atoms with van der Waals surface area (Å²) in [4.78, 5) is 12.0. The highest BCUT2D eigenvalue weighted by Crippen LogP contribution is 2.33. The van der Waals surface area contributed by atoms with E-state index < -0.39 is 0 Å². The maximum atomic E-state index is 12.0. The fraction of sp³-hybridized carbons (Fsp3) is 0.591. The van der Waals surface area contributed by atoms with Crippen molar-refractivity contribution in [2.75, 3.05) is 18.1 Å². The minimum atomic E-state index is -0.263. The van der Waals surface area contributed by atoms with Gasteiger partial charge in [0.2, 0.25) is 0 Å². The predicted octanol–water partition coefficient (Wildman–Crippen LogP) is 5.94. The molecule has 27 heavy (non-hydrogen) atoms. The Kier molecular flexibility index (Phi) is 12.6. The summed E-state index contributed by atoms with van der Waals surface area (Å²) in [6.45, 7) is 11.2. The van der Waals surface area contributed by atoms with Crippen LogP contribution in [-0.4, -0.2) is 34.8 Å². The van der Waals surface area contributed by atoms with E-state index in [1.54, 1.807) is 6.92 Å². The van der Waals surface area contributed by atoms with Crippen LogP contribution in [0.1, 0.15) is 46.6 Å². The molecule has 0 saturated heterocycles. The summed E-state index contributed by atoms with van der Waals surface area (Å²) < 4.78 is 11.9. The number of hydrogen-bond acceptors (Lipinski definition) is 5. The Morgan fingerprint density at radius 1 is 1.11 bits per heavy atom. The first kappa shape index (κ1) is 24.1. The van der Waals surface area contributed by atoms with Gasteiger partial charge in [0.1, 0.15) is 0 Å². The monoisotopic (exact) mass is 410 g/mol. The fourth-order valence-electron chi connectivity index (χ4n) is 2.74. The molecule has 3 nitrogen and oxygen atoms in total. The van der Waals surface area contributed by atoms with Crippen molar-refractivity contribution in [3.63, 3.8) is 0 Å². The van der Waals surface area contributed by atoms with Gasteiger partial charge in [-0.25, -0.2) is 4.79 Å². The van der Waals surface area contributed by atoms with Crippen molar-refractivity contribution in [2.45, 2.75) is 58.3 Å². The van der Waals surface area contributed by atoms with Gasteiger partial charge in [-0.05, 0) is 49.3 Å². The molecule has 0 bridgehead atoms. The molecule has 0 aliphatic rings. The van der Waals surface area contributed by atoms with Crippen molar-refractivity contribution in [2.24, 2.45) is 5.92 Å². The zero-order valence-electron chi connectivity index (χ0n) is 17.3. The number of esters is 1. The Hall–Kier alpha value is -0.910. The highest BCUT2D eigenvalue weighted by atomic mass is 32.2. The summed E-state index contributed by atoms with van der Waals surface area (Å²) in [6, 6.07) is 10.2. The van der Waals surface area contributed by atoms with Gasteiger partial charge in [-0.15, -0.1) is 23.5 Å². The van der Waals surface area contributed by atoms with E-state index >= 15 is 0 Å². The van der Waals surface area contributed by atoms with Gasteiger partial charge in [0.15, 0.2) is 0 Å². The topological polar surface area (TPSA) is 35.5 Å². The summed E-state index contributed by atoms with van der Waals surface area (Å²) in [5.41, 5.74) is 1.75. The van der Waals surface area contributed by atoms with Crippen molar-refractivity contribution < 1.29 is 14.3 Å². The van der Waals surface area contributed by atoms with Crippen LogP contribution in [-0.2, 0) is 20.9 Å². The fourth-order valence-corrected chi connectivity index (χ4v) is 5.47. The van der Waals surface area contributed by atoms with Gasteiger partial charge in [-0.1, -0.05) is 51.1 Å². The average molecular weight is 411 g/mol. The van der Waals surface area contributed by atoms with Crippen LogP contribution in [0.25, 0.3) is 0 Å². The summed E-state index contributed by atoms with van der Waals surface area (Å²) >= 11 is 3.99. The summed E-state index contributed by atoms with van der Waals surface area (Å²) in [6.07, 6.45) is 2.71. The number of carbonyl (C=O) groups excluding carboxylic acids is 1. The predicted molar refractivity (Wildman–Crippen MR) is 119 cm³/mol. The minimum absolute atomic E-state index is 0.109. The quantitative estimate of drug-likeness (QED) is 0.228. The van der Waals surface area contributed by atoms with Gasteiger partial charge >= 0.3 is 5.97 Å². The number of carbonyl (C=O) groups is 1. The summed E-state index contributed by atoms with van der Waals surface area (Å²) in [5, 5.41) is 0. The zero-order chi connectivity index (χ0) is 20.1. The molecule has 0 radical (unpaired) electrons. The number of hydrogen-bond donors (Lipinski definition) is 0. The Bertz CT molecular complexity index is 554. The molecule has 2 atom stereocenters. The van der Waals surface area contributed by atoms with Crippen LogP contribution < -0.4 is 0 Å². The molecule has 0 aromatic heterocycles. The molecule has 152 valence electrons. The molecule has 1 rings (SSSR count). The second-order valence-electron chi connectivity index (χ2n) is 6.40. The van der Waals surface area contributed by atoms with Gasteiger partial charge < -0.3 is 9.47 Å². The second kappa shape index (κ2) is 14.1. The molecule has 0 aliphatic carbocycles. The Morgan fingerprint density at radius 3 is 2.30 bits per heavy atom. The largest absolute Gasteiger partial charge is 0.463 e. The van der Waals surface area contributed by atoms with E-state index in [1.807, 2.05) is 54.7 Å². The maximum Gasteiger partial charge on any atom is 0.333 e.